The van der Waals surface area contributed by atoms with Crippen LogP contribution in [-0.4, -0.2) is 12.6 Å². The second-order valence-corrected chi connectivity index (χ2v) is 5.43. The number of hydrogen-bond donors (Lipinski definition) is 0. The van der Waals surface area contributed by atoms with E-state index in [1.54, 1.807) is 13.0 Å². The normalized spacial score (nSPS) is 11.6. The molecular formula is C19H17BrO2. The van der Waals surface area contributed by atoms with Gasteiger partial charge in [0, 0.05) is 10.6 Å². The van der Waals surface area contributed by atoms with Crippen LogP contribution in [0, 0.1) is 0 Å². The standard InChI is InChI=1S/C19H17BrO2/c1-2-22-19(21)13-12-15-8-6-7-11-17(15)14-18(20)16-9-4-3-5-10-16/h3-14H,2H2,1H3/b13-12+,18-14-. The van der Waals surface area contributed by atoms with Crippen molar-refractivity contribution in [2.75, 3.05) is 6.61 Å². The molecule has 0 aliphatic rings. The Kier molecular flexibility index (Phi) is 6.16. The molecule has 0 radical (unpaired) electrons. The highest BCUT2D eigenvalue weighted by Gasteiger charge is 2.01. The van der Waals surface area contributed by atoms with Gasteiger partial charge in [-0.2, -0.15) is 0 Å². The van der Waals surface area contributed by atoms with Crippen molar-refractivity contribution >= 4 is 38.5 Å². The summed E-state index contributed by atoms with van der Waals surface area (Å²) in [7, 11) is 0. The van der Waals surface area contributed by atoms with Crippen molar-refractivity contribution in [2.45, 2.75) is 6.92 Å². The van der Waals surface area contributed by atoms with E-state index in [9.17, 15) is 4.79 Å². The summed E-state index contributed by atoms with van der Waals surface area (Å²) in [5.74, 6) is -0.330. The topological polar surface area (TPSA) is 26.3 Å². The third kappa shape index (κ3) is 4.71. The van der Waals surface area contributed by atoms with E-state index in [-0.39, 0.29) is 5.97 Å². The van der Waals surface area contributed by atoms with Gasteiger partial charge in [-0.25, -0.2) is 4.79 Å². The van der Waals surface area contributed by atoms with Crippen LogP contribution in [0.3, 0.4) is 0 Å². The first kappa shape index (κ1) is 16.2. The molecule has 112 valence electrons. The molecule has 0 aromatic heterocycles. The lowest BCUT2D eigenvalue weighted by atomic mass is 10.1. The molecular weight excluding hydrogens is 340 g/mol. The summed E-state index contributed by atoms with van der Waals surface area (Å²) in [6.45, 7) is 2.17. The van der Waals surface area contributed by atoms with Crippen LogP contribution >= 0.6 is 15.9 Å². The second kappa shape index (κ2) is 8.35. The van der Waals surface area contributed by atoms with Crippen LogP contribution in [0.25, 0.3) is 16.6 Å². The number of carbonyl (C=O) groups excluding carboxylic acids is 1. The van der Waals surface area contributed by atoms with Crippen LogP contribution in [0.15, 0.2) is 60.7 Å². The van der Waals surface area contributed by atoms with Gasteiger partial charge in [-0.3, -0.25) is 0 Å². The Morgan fingerprint density at radius 2 is 1.68 bits per heavy atom. The molecule has 0 unspecified atom stereocenters. The predicted octanol–water partition coefficient (Wildman–Crippen LogP) is 5.16. The lowest BCUT2D eigenvalue weighted by Crippen LogP contribution is -1.98. The average molecular weight is 357 g/mol. The molecule has 0 amide bonds. The molecule has 2 rings (SSSR count). The van der Waals surface area contributed by atoms with Crippen molar-refractivity contribution in [3.8, 4) is 0 Å². The lowest BCUT2D eigenvalue weighted by molar-refractivity contribution is -0.137. The van der Waals surface area contributed by atoms with Gasteiger partial charge in [-0.05, 0) is 35.8 Å². The number of esters is 1. The molecule has 0 spiro atoms. The first-order valence-electron chi connectivity index (χ1n) is 7.07. The Bertz CT molecular complexity index is 688. The summed E-state index contributed by atoms with van der Waals surface area (Å²) in [6.07, 6.45) is 5.27. The predicted molar refractivity (Wildman–Crippen MR) is 95.3 cm³/mol. The van der Waals surface area contributed by atoms with Gasteiger partial charge in [0.2, 0.25) is 0 Å². The molecule has 2 aromatic rings. The van der Waals surface area contributed by atoms with Crippen molar-refractivity contribution < 1.29 is 9.53 Å². The fourth-order valence-electron chi connectivity index (χ4n) is 1.96. The van der Waals surface area contributed by atoms with Gasteiger partial charge < -0.3 is 4.74 Å². The van der Waals surface area contributed by atoms with Crippen LogP contribution in [0.4, 0.5) is 0 Å². The third-order valence-electron chi connectivity index (χ3n) is 3.01. The molecule has 22 heavy (non-hydrogen) atoms. The zero-order valence-electron chi connectivity index (χ0n) is 12.3. The number of carbonyl (C=O) groups is 1. The summed E-state index contributed by atoms with van der Waals surface area (Å²) in [6, 6.07) is 17.9. The van der Waals surface area contributed by atoms with Crippen molar-refractivity contribution in [3.63, 3.8) is 0 Å². The van der Waals surface area contributed by atoms with Crippen molar-refractivity contribution in [1.29, 1.82) is 0 Å². The smallest absolute Gasteiger partial charge is 0.330 e. The molecule has 0 aliphatic carbocycles. The van der Waals surface area contributed by atoms with E-state index in [4.69, 9.17) is 4.74 Å². The highest BCUT2D eigenvalue weighted by atomic mass is 79.9. The molecule has 0 saturated carbocycles. The third-order valence-corrected chi connectivity index (χ3v) is 3.70. The molecule has 0 fully saturated rings. The molecule has 0 aliphatic heterocycles. The SMILES string of the molecule is CCOC(=O)/C=C/c1ccccc1/C=C(\Br)c1ccccc1. The maximum absolute atomic E-state index is 11.4. The minimum Gasteiger partial charge on any atom is -0.463 e. The van der Waals surface area contributed by atoms with Crippen molar-refractivity contribution in [2.24, 2.45) is 0 Å². The largest absolute Gasteiger partial charge is 0.463 e. The molecule has 0 N–H and O–H groups in total. The second-order valence-electron chi connectivity index (χ2n) is 4.57. The van der Waals surface area contributed by atoms with E-state index in [2.05, 4.69) is 15.9 Å². The van der Waals surface area contributed by atoms with Crippen LogP contribution in [0.5, 0.6) is 0 Å². The highest BCUT2D eigenvalue weighted by molar-refractivity contribution is 9.15. The summed E-state index contributed by atoms with van der Waals surface area (Å²) in [4.78, 5) is 11.4. The first-order valence-corrected chi connectivity index (χ1v) is 7.86. The first-order chi connectivity index (χ1) is 10.7. The molecule has 0 atom stereocenters. The number of halogens is 1. The molecule has 3 heteroatoms. The Hall–Kier alpha value is -2.13. The fraction of sp³-hybridized carbons (Fsp3) is 0.105. The fourth-order valence-corrected chi connectivity index (χ4v) is 2.47. The molecule has 0 saturated heterocycles. The minimum atomic E-state index is -0.330. The number of ether oxygens (including phenoxy) is 1. The molecule has 0 bridgehead atoms. The maximum Gasteiger partial charge on any atom is 0.330 e. The number of rotatable bonds is 5. The summed E-state index contributed by atoms with van der Waals surface area (Å²) in [5, 5.41) is 0. The molecule has 2 aromatic carbocycles. The van der Waals surface area contributed by atoms with Gasteiger partial charge in [-0.15, -0.1) is 0 Å². The van der Waals surface area contributed by atoms with E-state index >= 15 is 0 Å². The Morgan fingerprint density at radius 3 is 2.36 bits per heavy atom. The quantitative estimate of drug-likeness (QED) is 0.420. The molecule has 2 nitrogen and oxygen atoms in total. The van der Waals surface area contributed by atoms with Crippen LogP contribution in [0.2, 0.25) is 0 Å². The minimum absolute atomic E-state index is 0.330. The number of hydrogen-bond acceptors (Lipinski definition) is 2. The van der Waals surface area contributed by atoms with Crippen LogP contribution in [0.1, 0.15) is 23.6 Å². The van der Waals surface area contributed by atoms with E-state index in [1.807, 2.05) is 60.7 Å². The molecule has 0 heterocycles. The number of benzene rings is 2. The van der Waals surface area contributed by atoms with Gasteiger partial charge >= 0.3 is 5.97 Å². The van der Waals surface area contributed by atoms with Gasteiger partial charge in [0.15, 0.2) is 0 Å². The summed E-state index contributed by atoms with van der Waals surface area (Å²) >= 11 is 3.61. The maximum atomic E-state index is 11.4. The van der Waals surface area contributed by atoms with E-state index in [0.29, 0.717) is 6.61 Å². The average Bonchev–Trinajstić information content (AvgIpc) is 2.55. The Labute approximate surface area is 139 Å². The zero-order valence-corrected chi connectivity index (χ0v) is 13.9. The lowest BCUT2D eigenvalue weighted by Gasteiger charge is -2.04. The van der Waals surface area contributed by atoms with Gasteiger partial charge in [0.05, 0.1) is 6.61 Å². The highest BCUT2D eigenvalue weighted by Crippen LogP contribution is 2.25. The Balaban J connectivity index is 2.27. The summed E-state index contributed by atoms with van der Waals surface area (Å²) < 4.78 is 5.89. The van der Waals surface area contributed by atoms with Crippen LogP contribution in [-0.2, 0) is 9.53 Å². The van der Waals surface area contributed by atoms with Gasteiger partial charge in [0.25, 0.3) is 0 Å². The summed E-state index contributed by atoms with van der Waals surface area (Å²) in [5.41, 5.74) is 3.09. The van der Waals surface area contributed by atoms with E-state index in [1.165, 1.54) is 6.08 Å². The van der Waals surface area contributed by atoms with Gasteiger partial charge in [0.1, 0.15) is 0 Å². The van der Waals surface area contributed by atoms with E-state index < -0.39 is 0 Å². The van der Waals surface area contributed by atoms with E-state index in [0.717, 1.165) is 21.2 Å². The Morgan fingerprint density at radius 1 is 1.05 bits per heavy atom. The van der Waals surface area contributed by atoms with Crippen molar-refractivity contribution in [1.82, 2.24) is 0 Å². The monoisotopic (exact) mass is 356 g/mol. The van der Waals surface area contributed by atoms with Crippen LogP contribution < -0.4 is 0 Å². The van der Waals surface area contributed by atoms with Crippen molar-refractivity contribution in [3.05, 3.63) is 77.4 Å². The zero-order chi connectivity index (χ0) is 15.8. The van der Waals surface area contributed by atoms with Gasteiger partial charge in [-0.1, -0.05) is 70.5 Å².